The molecule has 0 bridgehead atoms. The Kier molecular flexibility index (Phi) is 3.65. The Bertz CT molecular complexity index is 541. The lowest BCUT2D eigenvalue weighted by atomic mass is 10.1. The summed E-state index contributed by atoms with van der Waals surface area (Å²) in [6.07, 6.45) is 7.11. The maximum Gasteiger partial charge on any atom is 0.136 e. The molecule has 1 fully saturated rings. The second-order valence-corrected chi connectivity index (χ2v) is 5.28. The predicted octanol–water partition coefficient (Wildman–Crippen LogP) is 2.94. The molecule has 3 heteroatoms. The van der Waals surface area contributed by atoms with E-state index in [1.807, 2.05) is 6.20 Å². The molecule has 3 rings (SSSR count). The third-order valence-electron chi connectivity index (χ3n) is 4.06. The van der Waals surface area contributed by atoms with Gasteiger partial charge in [0.05, 0.1) is 0 Å². The van der Waals surface area contributed by atoms with Crippen molar-refractivity contribution in [3.63, 3.8) is 0 Å². The van der Waals surface area contributed by atoms with E-state index in [0.717, 1.165) is 12.4 Å². The summed E-state index contributed by atoms with van der Waals surface area (Å²) in [7, 11) is 0. The van der Waals surface area contributed by atoms with Crippen LogP contribution in [0.2, 0.25) is 0 Å². The standard InChI is InChI=1S/C16H21N3/c17-10-12-19(14-6-2-3-7-14)16-15-8-4-1-5-13(15)9-11-18-16/h1,4-5,8-9,11,14H,2-3,6-7,10,12,17H2. The molecule has 100 valence electrons. The van der Waals surface area contributed by atoms with Gasteiger partial charge in [0.1, 0.15) is 5.82 Å². The fourth-order valence-electron chi connectivity index (χ4n) is 3.15. The van der Waals surface area contributed by atoms with Crippen molar-refractivity contribution in [3.8, 4) is 0 Å². The number of aromatic nitrogens is 1. The molecule has 19 heavy (non-hydrogen) atoms. The number of anilines is 1. The van der Waals surface area contributed by atoms with Crippen molar-refractivity contribution in [2.75, 3.05) is 18.0 Å². The first kappa shape index (κ1) is 12.4. The minimum Gasteiger partial charge on any atom is -0.352 e. The number of fused-ring (bicyclic) bond motifs is 1. The number of rotatable bonds is 4. The molecule has 0 spiro atoms. The summed E-state index contributed by atoms with van der Waals surface area (Å²) in [5, 5.41) is 2.50. The number of hydrogen-bond acceptors (Lipinski definition) is 3. The van der Waals surface area contributed by atoms with Gasteiger partial charge in [-0.05, 0) is 24.3 Å². The maximum absolute atomic E-state index is 5.81. The normalized spacial score (nSPS) is 16.1. The van der Waals surface area contributed by atoms with Gasteiger partial charge >= 0.3 is 0 Å². The third kappa shape index (κ3) is 2.43. The SMILES string of the molecule is NCCN(c1nccc2ccccc12)C1CCCC1. The minimum atomic E-state index is 0.613. The molecule has 0 aliphatic heterocycles. The molecule has 2 aromatic rings. The molecule has 1 aliphatic carbocycles. The van der Waals surface area contributed by atoms with E-state index in [2.05, 4.69) is 40.2 Å². The largest absolute Gasteiger partial charge is 0.352 e. The summed E-state index contributed by atoms with van der Waals surface area (Å²) in [6.45, 7) is 1.58. The van der Waals surface area contributed by atoms with Crippen LogP contribution in [0.25, 0.3) is 10.8 Å². The Morgan fingerprint density at radius 2 is 1.95 bits per heavy atom. The molecule has 2 N–H and O–H groups in total. The topological polar surface area (TPSA) is 42.1 Å². The van der Waals surface area contributed by atoms with E-state index in [0.29, 0.717) is 12.6 Å². The zero-order valence-corrected chi connectivity index (χ0v) is 11.3. The summed E-state index contributed by atoms with van der Waals surface area (Å²) in [6, 6.07) is 11.2. The van der Waals surface area contributed by atoms with Crippen molar-refractivity contribution in [2.24, 2.45) is 5.73 Å². The molecule has 1 aromatic carbocycles. The van der Waals surface area contributed by atoms with Gasteiger partial charge in [0, 0.05) is 30.7 Å². The molecule has 3 nitrogen and oxygen atoms in total. The molecule has 1 saturated carbocycles. The van der Waals surface area contributed by atoms with Crippen LogP contribution in [0.5, 0.6) is 0 Å². The average Bonchev–Trinajstić information content (AvgIpc) is 2.98. The highest BCUT2D eigenvalue weighted by Gasteiger charge is 2.24. The molecule has 0 radical (unpaired) electrons. The Morgan fingerprint density at radius 3 is 2.74 bits per heavy atom. The van der Waals surface area contributed by atoms with Gasteiger partial charge in [-0.1, -0.05) is 37.1 Å². The number of hydrogen-bond donors (Lipinski definition) is 1. The lowest BCUT2D eigenvalue weighted by Gasteiger charge is -2.30. The van der Waals surface area contributed by atoms with E-state index in [9.17, 15) is 0 Å². The van der Waals surface area contributed by atoms with E-state index < -0.39 is 0 Å². The van der Waals surface area contributed by atoms with E-state index in [1.54, 1.807) is 0 Å². The van der Waals surface area contributed by atoms with Gasteiger partial charge in [0.2, 0.25) is 0 Å². The van der Waals surface area contributed by atoms with E-state index in [1.165, 1.54) is 36.5 Å². The van der Waals surface area contributed by atoms with Gasteiger partial charge in [-0.2, -0.15) is 0 Å². The van der Waals surface area contributed by atoms with Gasteiger partial charge in [-0.25, -0.2) is 4.98 Å². The molecule has 0 amide bonds. The number of benzene rings is 1. The van der Waals surface area contributed by atoms with Crippen LogP contribution in [-0.4, -0.2) is 24.1 Å². The fourth-order valence-corrected chi connectivity index (χ4v) is 3.15. The first-order valence-electron chi connectivity index (χ1n) is 7.20. The summed E-state index contributed by atoms with van der Waals surface area (Å²) in [4.78, 5) is 7.07. The number of pyridine rings is 1. The van der Waals surface area contributed by atoms with Crippen LogP contribution < -0.4 is 10.6 Å². The Labute approximate surface area is 114 Å². The highest BCUT2D eigenvalue weighted by atomic mass is 15.2. The van der Waals surface area contributed by atoms with Crippen LogP contribution in [0.3, 0.4) is 0 Å². The predicted molar refractivity (Wildman–Crippen MR) is 80.4 cm³/mol. The molecule has 1 aliphatic rings. The molecule has 1 heterocycles. The highest BCUT2D eigenvalue weighted by Crippen LogP contribution is 2.31. The Hall–Kier alpha value is -1.61. The molecular weight excluding hydrogens is 234 g/mol. The van der Waals surface area contributed by atoms with Crippen LogP contribution in [-0.2, 0) is 0 Å². The van der Waals surface area contributed by atoms with Crippen molar-refractivity contribution >= 4 is 16.6 Å². The second-order valence-electron chi connectivity index (χ2n) is 5.28. The summed E-state index contributed by atoms with van der Waals surface area (Å²) >= 11 is 0. The monoisotopic (exact) mass is 255 g/mol. The van der Waals surface area contributed by atoms with E-state index in [4.69, 9.17) is 5.73 Å². The van der Waals surface area contributed by atoms with Crippen molar-refractivity contribution in [1.82, 2.24) is 4.98 Å². The summed E-state index contributed by atoms with van der Waals surface area (Å²) in [5.74, 6) is 1.11. The molecule has 1 aromatic heterocycles. The van der Waals surface area contributed by atoms with Crippen LogP contribution >= 0.6 is 0 Å². The van der Waals surface area contributed by atoms with E-state index in [-0.39, 0.29) is 0 Å². The van der Waals surface area contributed by atoms with Crippen molar-refractivity contribution < 1.29 is 0 Å². The van der Waals surface area contributed by atoms with E-state index >= 15 is 0 Å². The number of nitrogens with zero attached hydrogens (tertiary/aromatic N) is 2. The number of nitrogens with two attached hydrogens (primary N) is 1. The van der Waals surface area contributed by atoms with Gasteiger partial charge in [0.15, 0.2) is 0 Å². The summed E-state index contributed by atoms with van der Waals surface area (Å²) < 4.78 is 0. The minimum absolute atomic E-state index is 0.613. The zero-order chi connectivity index (χ0) is 13.1. The Balaban J connectivity index is 2.03. The fraction of sp³-hybridized carbons (Fsp3) is 0.438. The van der Waals surface area contributed by atoms with Crippen LogP contribution in [0, 0.1) is 0 Å². The third-order valence-corrected chi connectivity index (χ3v) is 4.06. The molecule has 0 unspecified atom stereocenters. The molecule has 0 atom stereocenters. The first-order valence-corrected chi connectivity index (χ1v) is 7.20. The quantitative estimate of drug-likeness (QED) is 0.913. The van der Waals surface area contributed by atoms with Crippen molar-refractivity contribution in [2.45, 2.75) is 31.7 Å². The lowest BCUT2D eigenvalue weighted by Crippen LogP contribution is -2.38. The van der Waals surface area contributed by atoms with Crippen LogP contribution in [0.15, 0.2) is 36.5 Å². The molecular formula is C16H21N3. The van der Waals surface area contributed by atoms with Gasteiger partial charge in [-0.15, -0.1) is 0 Å². The second kappa shape index (κ2) is 5.57. The van der Waals surface area contributed by atoms with Gasteiger partial charge in [0.25, 0.3) is 0 Å². The van der Waals surface area contributed by atoms with Crippen LogP contribution in [0.4, 0.5) is 5.82 Å². The smallest absolute Gasteiger partial charge is 0.136 e. The highest BCUT2D eigenvalue weighted by molar-refractivity contribution is 5.92. The summed E-state index contributed by atoms with van der Waals surface area (Å²) in [5.41, 5.74) is 5.81. The van der Waals surface area contributed by atoms with Gasteiger partial charge < -0.3 is 10.6 Å². The van der Waals surface area contributed by atoms with Crippen molar-refractivity contribution in [3.05, 3.63) is 36.5 Å². The zero-order valence-electron chi connectivity index (χ0n) is 11.3. The average molecular weight is 255 g/mol. The maximum atomic E-state index is 5.81. The lowest BCUT2D eigenvalue weighted by molar-refractivity contribution is 0.604. The van der Waals surface area contributed by atoms with Crippen molar-refractivity contribution in [1.29, 1.82) is 0 Å². The molecule has 0 saturated heterocycles. The van der Waals surface area contributed by atoms with Gasteiger partial charge in [-0.3, -0.25) is 0 Å². The Morgan fingerprint density at radius 1 is 1.16 bits per heavy atom. The van der Waals surface area contributed by atoms with Crippen LogP contribution in [0.1, 0.15) is 25.7 Å². The first-order chi connectivity index (χ1) is 9.40.